The van der Waals surface area contributed by atoms with Crippen molar-refractivity contribution in [3.05, 3.63) is 39.1 Å². The number of rotatable bonds is 4. The van der Waals surface area contributed by atoms with E-state index in [4.69, 9.17) is 4.74 Å². The van der Waals surface area contributed by atoms with Crippen LogP contribution in [0.15, 0.2) is 34.1 Å². The van der Waals surface area contributed by atoms with Gasteiger partial charge in [0.2, 0.25) is 0 Å². The second-order valence-electron chi connectivity index (χ2n) is 3.89. The molecule has 0 radical (unpaired) electrons. The maximum absolute atomic E-state index is 5.25. The molecule has 0 aliphatic carbocycles. The average molecular weight is 312 g/mol. The van der Waals surface area contributed by atoms with Crippen LogP contribution in [0.1, 0.15) is 11.9 Å². The van der Waals surface area contributed by atoms with Crippen LogP contribution in [0.2, 0.25) is 0 Å². The zero-order chi connectivity index (χ0) is 12.3. The van der Waals surface area contributed by atoms with Crippen LogP contribution in [0.4, 0.5) is 0 Å². The molecule has 90 valence electrons. The van der Waals surface area contributed by atoms with E-state index in [1.54, 1.807) is 18.4 Å². The number of ether oxygens (including phenoxy) is 1. The largest absolute Gasteiger partial charge is 0.381 e. The first-order chi connectivity index (χ1) is 8.19. The molecule has 1 aromatic carbocycles. The molecule has 0 aliphatic heterocycles. The van der Waals surface area contributed by atoms with Gasteiger partial charge in [-0.2, -0.15) is 0 Å². The summed E-state index contributed by atoms with van der Waals surface area (Å²) in [5.41, 5.74) is 2.18. The maximum atomic E-state index is 5.25. The molecule has 1 unspecified atom stereocenters. The van der Waals surface area contributed by atoms with E-state index in [0.29, 0.717) is 0 Å². The smallest absolute Gasteiger partial charge is 0.0958 e. The predicted octanol–water partition coefficient (Wildman–Crippen LogP) is 4.15. The van der Waals surface area contributed by atoms with E-state index < -0.39 is 0 Å². The first-order valence-electron chi connectivity index (χ1n) is 5.42. The molecule has 2 rings (SSSR count). The Hall–Kier alpha value is -0.710. The molecule has 17 heavy (non-hydrogen) atoms. The molecule has 2 aromatic rings. The highest BCUT2D eigenvalue weighted by atomic mass is 79.9. The molecule has 0 spiro atoms. The predicted molar refractivity (Wildman–Crippen MR) is 75.4 cm³/mol. The molecule has 2 nitrogen and oxygen atoms in total. The van der Waals surface area contributed by atoms with Crippen molar-refractivity contribution < 1.29 is 4.74 Å². The van der Waals surface area contributed by atoms with E-state index in [1.807, 2.05) is 12.1 Å². The SMILES string of the molecule is COC(C)Cc1nc(-c2cccc(Br)c2)cs1. The van der Waals surface area contributed by atoms with Gasteiger partial charge in [0.25, 0.3) is 0 Å². The monoisotopic (exact) mass is 311 g/mol. The molecular formula is C13H14BrNOS. The van der Waals surface area contributed by atoms with Crippen molar-refractivity contribution in [2.75, 3.05) is 7.11 Å². The lowest BCUT2D eigenvalue weighted by molar-refractivity contribution is 0.119. The van der Waals surface area contributed by atoms with Crippen LogP contribution in [-0.2, 0) is 11.2 Å². The number of hydrogen-bond donors (Lipinski definition) is 0. The second kappa shape index (κ2) is 5.76. The zero-order valence-electron chi connectivity index (χ0n) is 9.81. The Labute approximate surface area is 114 Å². The number of hydrogen-bond acceptors (Lipinski definition) is 3. The highest BCUT2D eigenvalue weighted by Crippen LogP contribution is 2.25. The van der Waals surface area contributed by atoms with Gasteiger partial charge in [-0.25, -0.2) is 4.98 Å². The third-order valence-corrected chi connectivity index (χ3v) is 3.90. The summed E-state index contributed by atoms with van der Waals surface area (Å²) in [4.78, 5) is 4.63. The minimum Gasteiger partial charge on any atom is -0.381 e. The van der Waals surface area contributed by atoms with Crippen molar-refractivity contribution in [1.29, 1.82) is 0 Å². The van der Waals surface area contributed by atoms with Crippen LogP contribution >= 0.6 is 27.3 Å². The van der Waals surface area contributed by atoms with Gasteiger partial charge in [0.1, 0.15) is 0 Å². The van der Waals surface area contributed by atoms with Crippen molar-refractivity contribution in [2.45, 2.75) is 19.4 Å². The lowest BCUT2D eigenvalue weighted by Gasteiger charge is -2.05. The number of benzene rings is 1. The Morgan fingerprint density at radius 3 is 3.00 bits per heavy atom. The van der Waals surface area contributed by atoms with Crippen molar-refractivity contribution >= 4 is 27.3 Å². The van der Waals surface area contributed by atoms with Crippen molar-refractivity contribution in [3.8, 4) is 11.3 Å². The van der Waals surface area contributed by atoms with E-state index in [1.165, 1.54) is 0 Å². The van der Waals surface area contributed by atoms with E-state index in [0.717, 1.165) is 27.2 Å². The van der Waals surface area contributed by atoms with E-state index in [2.05, 4.69) is 45.4 Å². The van der Waals surface area contributed by atoms with Crippen LogP contribution in [0.25, 0.3) is 11.3 Å². The fourth-order valence-electron chi connectivity index (χ4n) is 1.51. The van der Waals surface area contributed by atoms with Crippen molar-refractivity contribution in [2.24, 2.45) is 0 Å². The summed E-state index contributed by atoms with van der Waals surface area (Å²) in [6.07, 6.45) is 1.09. The Bertz CT molecular complexity index is 498. The third kappa shape index (κ3) is 3.37. The van der Waals surface area contributed by atoms with Gasteiger partial charge in [-0.15, -0.1) is 11.3 Å². The Kier molecular flexibility index (Phi) is 4.31. The molecule has 0 aliphatic rings. The molecule has 0 fully saturated rings. The van der Waals surface area contributed by atoms with Gasteiger partial charge in [0, 0.05) is 28.9 Å². The molecule has 0 saturated carbocycles. The summed E-state index contributed by atoms with van der Waals surface area (Å²) in [5, 5.41) is 3.22. The minimum atomic E-state index is 0.219. The molecule has 0 N–H and O–H groups in total. The van der Waals surface area contributed by atoms with Crippen LogP contribution in [-0.4, -0.2) is 18.2 Å². The topological polar surface area (TPSA) is 22.1 Å². The molecule has 1 heterocycles. The number of aromatic nitrogens is 1. The van der Waals surface area contributed by atoms with E-state index in [-0.39, 0.29) is 6.10 Å². The zero-order valence-corrected chi connectivity index (χ0v) is 12.2. The van der Waals surface area contributed by atoms with Crippen LogP contribution < -0.4 is 0 Å². The fraction of sp³-hybridized carbons (Fsp3) is 0.308. The molecule has 4 heteroatoms. The fourth-order valence-corrected chi connectivity index (χ4v) is 2.83. The van der Waals surface area contributed by atoms with Gasteiger partial charge in [0.15, 0.2) is 0 Å². The molecule has 1 atom stereocenters. The number of nitrogens with zero attached hydrogens (tertiary/aromatic N) is 1. The highest BCUT2D eigenvalue weighted by molar-refractivity contribution is 9.10. The molecule has 0 amide bonds. The third-order valence-electron chi connectivity index (χ3n) is 2.54. The molecular weight excluding hydrogens is 298 g/mol. The van der Waals surface area contributed by atoms with Crippen LogP contribution in [0.5, 0.6) is 0 Å². The Morgan fingerprint density at radius 2 is 2.29 bits per heavy atom. The highest BCUT2D eigenvalue weighted by Gasteiger charge is 2.08. The summed E-state index contributed by atoms with van der Waals surface area (Å²) in [7, 11) is 1.73. The summed E-state index contributed by atoms with van der Waals surface area (Å²) in [6.45, 7) is 2.06. The van der Waals surface area contributed by atoms with Crippen LogP contribution in [0.3, 0.4) is 0 Å². The summed E-state index contributed by atoms with van der Waals surface area (Å²) >= 11 is 5.16. The number of halogens is 1. The lowest BCUT2D eigenvalue weighted by Crippen LogP contribution is -2.08. The van der Waals surface area contributed by atoms with Gasteiger partial charge >= 0.3 is 0 Å². The minimum absolute atomic E-state index is 0.219. The van der Waals surface area contributed by atoms with Gasteiger partial charge in [0.05, 0.1) is 16.8 Å². The van der Waals surface area contributed by atoms with Gasteiger partial charge in [-0.3, -0.25) is 0 Å². The van der Waals surface area contributed by atoms with Crippen molar-refractivity contribution in [1.82, 2.24) is 4.98 Å². The van der Waals surface area contributed by atoms with Gasteiger partial charge in [-0.1, -0.05) is 28.1 Å². The maximum Gasteiger partial charge on any atom is 0.0958 e. The summed E-state index contributed by atoms with van der Waals surface area (Å²) in [5.74, 6) is 0. The molecule has 0 bridgehead atoms. The van der Waals surface area contributed by atoms with Gasteiger partial charge < -0.3 is 4.74 Å². The van der Waals surface area contributed by atoms with E-state index in [9.17, 15) is 0 Å². The second-order valence-corrected chi connectivity index (χ2v) is 5.75. The average Bonchev–Trinajstić information content (AvgIpc) is 2.77. The van der Waals surface area contributed by atoms with Crippen molar-refractivity contribution in [3.63, 3.8) is 0 Å². The Morgan fingerprint density at radius 1 is 1.47 bits per heavy atom. The molecule has 0 saturated heterocycles. The lowest BCUT2D eigenvalue weighted by atomic mass is 10.2. The van der Waals surface area contributed by atoms with Gasteiger partial charge in [-0.05, 0) is 19.1 Å². The van der Waals surface area contributed by atoms with Crippen LogP contribution in [0, 0.1) is 0 Å². The summed E-state index contributed by atoms with van der Waals surface area (Å²) in [6, 6.07) is 8.20. The number of methoxy groups -OCH3 is 1. The molecule has 1 aromatic heterocycles. The normalized spacial score (nSPS) is 12.6. The first-order valence-corrected chi connectivity index (χ1v) is 7.09. The standard InChI is InChI=1S/C13H14BrNOS/c1-9(16-2)6-13-15-12(8-17-13)10-4-3-5-11(14)7-10/h3-5,7-9H,6H2,1-2H3. The quantitative estimate of drug-likeness (QED) is 0.846. The first kappa shape index (κ1) is 12.7. The summed E-state index contributed by atoms with van der Waals surface area (Å²) < 4.78 is 6.33. The Balaban J connectivity index is 2.18. The number of thiazole rings is 1. The van der Waals surface area contributed by atoms with E-state index >= 15 is 0 Å².